The molecule has 1 N–H and O–H groups in total. The summed E-state index contributed by atoms with van der Waals surface area (Å²) in [4.78, 5) is 12.4. The maximum Gasteiger partial charge on any atom is 0.287 e. The highest BCUT2D eigenvalue weighted by molar-refractivity contribution is 5.91. The third-order valence-corrected chi connectivity index (χ3v) is 4.67. The van der Waals surface area contributed by atoms with Gasteiger partial charge in [0.1, 0.15) is 12.4 Å². The van der Waals surface area contributed by atoms with Gasteiger partial charge in [0.15, 0.2) is 11.5 Å². The van der Waals surface area contributed by atoms with E-state index in [0.29, 0.717) is 6.54 Å². The van der Waals surface area contributed by atoms with Crippen LogP contribution < -0.4 is 10.1 Å². The van der Waals surface area contributed by atoms with Crippen LogP contribution in [0.2, 0.25) is 0 Å². The molecule has 0 saturated carbocycles. The standard InChI is InChI=1S/C20H18F5N3O3/c1-4-28-10(3)12(7-26-28)9(2)27-20(29)13-6-5-11(31-13)8-30-19-17(24)15(22)14(21)16(23)18(19)25/h5-7,9H,4,8H2,1-3H3,(H,27,29). The predicted molar refractivity (Wildman–Crippen MR) is 97.8 cm³/mol. The minimum Gasteiger partial charge on any atom is -0.479 e. The number of rotatable bonds is 7. The first-order chi connectivity index (χ1) is 14.6. The largest absolute Gasteiger partial charge is 0.479 e. The van der Waals surface area contributed by atoms with Gasteiger partial charge in [-0.1, -0.05) is 0 Å². The van der Waals surface area contributed by atoms with Gasteiger partial charge in [0.25, 0.3) is 5.91 Å². The number of hydrogen-bond donors (Lipinski definition) is 1. The molecule has 1 atom stereocenters. The Labute approximate surface area is 173 Å². The first-order valence-corrected chi connectivity index (χ1v) is 9.21. The van der Waals surface area contributed by atoms with Gasteiger partial charge in [-0.25, -0.2) is 13.2 Å². The molecule has 2 aromatic heterocycles. The van der Waals surface area contributed by atoms with Gasteiger partial charge in [-0.15, -0.1) is 0 Å². The number of amides is 1. The Hall–Kier alpha value is -3.37. The van der Waals surface area contributed by atoms with Crippen molar-refractivity contribution in [2.24, 2.45) is 0 Å². The Morgan fingerprint density at radius 1 is 1.13 bits per heavy atom. The van der Waals surface area contributed by atoms with E-state index in [0.717, 1.165) is 11.3 Å². The fraction of sp³-hybridized carbons (Fsp3) is 0.300. The smallest absolute Gasteiger partial charge is 0.287 e. The zero-order chi connectivity index (χ0) is 22.9. The summed E-state index contributed by atoms with van der Waals surface area (Å²) in [5, 5.41) is 6.94. The van der Waals surface area contributed by atoms with Crippen LogP contribution in [0.25, 0.3) is 0 Å². The van der Waals surface area contributed by atoms with Crippen molar-refractivity contribution in [3.63, 3.8) is 0 Å². The topological polar surface area (TPSA) is 69.3 Å². The Morgan fingerprint density at radius 2 is 1.74 bits per heavy atom. The molecule has 2 heterocycles. The number of nitrogens with one attached hydrogen (secondary N) is 1. The maximum absolute atomic E-state index is 13.7. The van der Waals surface area contributed by atoms with Crippen LogP contribution in [0.3, 0.4) is 0 Å². The number of furan rings is 1. The molecule has 31 heavy (non-hydrogen) atoms. The summed E-state index contributed by atoms with van der Waals surface area (Å²) in [6.45, 7) is 5.58. The number of carbonyl (C=O) groups excluding carboxylic acids is 1. The van der Waals surface area contributed by atoms with Gasteiger partial charge in [-0.2, -0.15) is 13.9 Å². The lowest BCUT2D eigenvalue weighted by atomic mass is 10.1. The Balaban J connectivity index is 1.68. The van der Waals surface area contributed by atoms with Crippen LogP contribution in [0, 0.1) is 36.0 Å². The molecule has 3 aromatic rings. The molecule has 0 aliphatic carbocycles. The van der Waals surface area contributed by atoms with Crippen molar-refractivity contribution in [2.45, 2.75) is 40.0 Å². The first kappa shape index (κ1) is 22.3. The fourth-order valence-corrected chi connectivity index (χ4v) is 2.98. The molecule has 1 unspecified atom stereocenters. The number of aryl methyl sites for hydroxylation is 1. The van der Waals surface area contributed by atoms with E-state index >= 15 is 0 Å². The maximum atomic E-state index is 13.7. The average molecular weight is 443 g/mol. The number of aromatic nitrogens is 2. The molecule has 11 heteroatoms. The zero-order valence-electron chi connectivity index (χ0n) is 16.7. The summed E-state index contributed by atoms with van der Waals surface area (Å²) in [6, 6.07) is 2.19. The van der Waals surface area contributed by atoms with Crippen molar-refractivity contribution in [1.82, 2.24) is 15.1 Å². The molecule has 0 fully saturated rings. The van der Waals surface area contributed by atoms with Crippen LogP contribution in [0.5, 0.6) is 5.75 Å². The van der Waals surface area contributed by atoms with E-state index in [9.17, 15) is 26.7 Å². The third-order valence-electron chi connectivity index (χ3n) is 4.67. The highest BCUT2D eigenvalue weighted by Crippen LogP contribution is 2.30. The molecule has 166 valence electrons. The minimum atomic E-state index is -2.28. The van der Waals surface area contributed by atoms with E-state index in [1.807, 2.05) is 13.8 Å². The van der Waals surface area contributed by atoms with E-state index < -0.39 is 47.3 Å². The summed E-state index contributed by atoms with van der Waals surface area (Å²) in [6.07, 6.45) is 1.65. The van der Waals surface area contributed by atoms with Crippen molar-refractivity contribution >= 4 is 5.91 Å². The molecule has 1 amide bonds. The highest BCUT2D eigenvalue weighted by Gasteiger charge is 2.27. The minimum absolute atomic E-state index is 0.0586. The molecule has 1 aromatic carbocycles. The fourth-order valence-electron chi connectivity index (χ4n) is 2.98. The molecule has 0 bridgehead atoms. The summed E-state index contributed by atoms with van der Waals surface area (Å²) in [7, 11) is 0. The molecular weight excluding hydrogens is 425 g/mol. The molecule has 0 aliphatic heterocycles. The summed E-state index contributed by atoms with van der Waals surface area (Å²) in [5.41, 5.74) is 1.71. The second-order valence-corrected chi connectivity index (χ2v) is 6.65. The lowest BCUT2D eigenvalue weighted by Crippen LogP contribution is -2.26. The highest BCUT2D eigenvalue weighted by atomic mass is 19.2. The van der Waals surface area contributed by atoms with Crippen LogP contribution in [0.15, 0.2) is 22.7 Å². The van der Waals surface area contributed by atoms with Crippen molar-refractivity contribution in [3.05, 3.63) is 70.2 Å². The number of halogens is 5. The van der Waals surface area contributed by atoms with Gasteiger partial charge in [-0.05, 0) is 32.9 Å². The van der Waals surface area contributed by atoms with Gasteiger partial charge in [0.2, 0.25) is 29.1 Å². The van der Waals surface area contributed by atoms with Gasteiger partial charge >= 0.3 is 0 Å². The van der Waals surface area contributed by atoms with E-state index in [1.165, 1.54) is 12.1 Å². The lowest BCUT2D eigenvalue weighted by Gasteiger charge is -2.13. The van der Waals surface area contributed by atoms with Crippen LogP contribution in [-0.2, 0) is 13.2 Å². The average Bonchev–Trinajstić information content (AvgIpc) is 3.37. The van der Waals surface area contributed by atoms with E-state index in [-0.39, 0.29) is 17.6 Å². The number of benzene rings is 1. The third kappa shape index (κ3) is 4.25. The first-order valence-electron chi connectivity index (χ1n) is 9.21. The quantitative estimate of drug-likeness (QED) is 0.330. The van der Waals surface area contributed by atoms with Crippen LogP contribution >= 0.6 is 0 Å². The summed E-state index contributed by atoms with van der Waals surface area (Å²) >= 11 is 0. The van der Waals surface area contributed by atoms with Gasteiger partial charge < -0.3 is 14.5 Å². The van der Waals surface area contributed by atoms with Crippen LogP contribution in [-0.4, -0.2) is 15.7 Å². The van der Waals surface area contributed by atoms with Crippen molar-refractivity contribution in [2.75, 3.05) is 0 Å². The lowest BCUT2D eigenvalue weighted by molar-refractivity contribution is 0.0907. The van der Waals surface area contributed by atoms with Crippen molar-refractivity contribution in [1.29, 1.82) is 0 Å². The molecule has 0 saturated heterocycles. The Kier molecular flexibility index (Phi) is 6.32. The van der Waals surface area contributed by atoms with Gasteiger partial charge in [0.05, 0.1) is 12.2 Å². The second kappa shape index (κ2) is 8.78. The summed E-state index contributed by atoms with van der Waals surface area (Å²) in [5.74, 6) is -12.9. The molecular formula is C20H18F5N3O3. The SMILES string of the molecule is CCn1ncc(C(C)NC(=O)c2ccc(COc3c(F)c(F)c(F)c(F)c3F)o2)c1C. The van der Waals surface area contributed by atoms with Crippen LogP contribution in [0.4, 0.5) is 22.0 Å². The summed E-state index contributed by atoms with van der Waals surface area (Å²) < 4.78 is 78.6. The molecule has 0 radical (unpaired) electrons. The Morgan fingerprint density at radius 3 is 2.32 bits per heavy atom. The van der Waals surface area contributed by atoms with E-state index in [2.05, 4.69) is 10.4 Å². The van der Waals surface area contributed by atoms with E-state index in [4.69, 9.17) is 9.15 Å². The predicted octanol–water partition coefficient (Wildman–Crippen LogP) is 4.57. The van der Waals surface area contributed by atoms with Crippen molar-refractivity contribution < 1.29 is 35.9 Å². The number of carbonyl (C=O) groups is 1. The Bertz CT molecular complexity index is 1100. The van der Waals surface area contributed by atoms with E-state index in [1.54, 1.807) is 17.8 Å². The molecule has 3 rings (SSSR count). The van der Waals surface area contributed by atoms with Crippen molar-refractivity contribution in [3.8, 4) is 5.75 Å². The molecule has 0 aliphatic rings. The number of hydrogen-bond acceptors (Lipinski definition) is 4. The normalized spacial score (nSPS) is 12.1. The monoisotopic (exact) mass is 443 g/mol. The second-order valence-electron chi connectivity index (χ2n) is 6.65. The molecule has 0 spiro atoms. The van der Waals surface area contributed by atoms with Crippen LogP contribution in [0.1, 0.15) is 47.5 Å². The number of nitrogens with zero attached hydrogens (tertiary/aromatic N) is 2. The zero-order valence-corrected chi connectivity index (χ0v) is 16.7. The molecule has 6 nitrogen and oxygen atoms in total. The number of ether oxygens (including phenoxy) is 1. The van der Waals surface area contributed by atoms with Gasteiger partial charge in [0, 0.05) is 17.8 Å². The van der Waals surface area contributed by atoms with Gasteiger partial charge in [-0.3, -0.25) is 9.48 Å².